The van der Waals surface area contributed by atoms with E-state index in [1.165, 1.54) is 17.7 Å². The van der Waals surface area contributed by atoms with Gasteiger partial charge in [-0.05, 0) is 30.7 Å². The number of nitrogens with one attached hydrogen (secondary N) is 1. The fourth-order valence-corrected chi connectivity index (χ4v) is 2.65. The topological polar surface area (TPSA) is 62.9 Å². The molecule has 1 aromatic heterocycles. The summed E-state index contributed by atoms with van der Waals surface area (Å²) in [4.78, 5) is 8.17. The number of guanidine groups is 1. The number of hydrazine groups is 1. The van der Waals surface area contributed by atoms with Crippen LogP contribution in [0.2, 0.25) is 0 Å². The molecule has 0 atom stereocenters. The second kappa shape index (κ2) is 7.47. The molecule has 5 nitrogen and oxygen atoms in total. The van der Waals surface area contributed by atoms with Gasteiger partial charge in [0.1, 0.15) is 0 Å². The van der Waals surface area contributed by atoms with Crippen LogP contribution >= 0.6 is 11.3 Å². The summed E-state index contributed by atoms with van der Waals surface area (Å²) in [5, 5.41) is 2.10. The number of nitrogens with two attached hydrogens (primary N) is 1. The van der Waals surface area contributed by atoms with E-state index in [0.717, 1.165) is 32.1 Å². The lowest BCUT2D eigenvalue weighted by atomic mass is 10.4. The Hall–Kier alpha value is -1.11. The highest BCUT2D eigenvalue weighted by Gasteiger charge is 2.31. The summed E-state index contributed by atoms with van der Waals surface area (Å²) < 4.78 is 5.03. The first-order valence-corrected chi connectivity index (χ1v) is 7.52. The zero-order chi connectivity index (χ0) is 13.5. The fraction of sp³-hybridized carbons (Fsp3) is 0.615. The SMILES string of the molecule is COCCCN=C(NN)N(Cc1cccs1)C1CC1. The Balaban J connectivity index is 1.95. The van der Waals surface area contributed by atoms with Crippen molar-refractivity contribution in [2.24, 2.45) is 10.8 Å². The van der Waals surface area contributed by atoms with Gasteiger partial charge in [0.05, 0.1) is 6.54 Å². The molecule has 0 amide bonds. The van der Waals surface area contributed by atoms with Crippen molar-refractivity contribution < 1.29 is 4.74 Å². The second-order valence-electron chi connectivity index (χ2n) is 4.63. The standard InChI is InChI=1S/C13H22N4OS/c1-18-8-3-7-15-13(16-14)17(11-5-6-11)10-12-4-2-9-19-12/h2,4,9,11H,3,5-8,10,14H2,1H3,(H,15,16). The van der Waals surface area contributed by atoms with Crippen LogP contribution in [0.5, 0.6) is 0 Å². The van der Waals surface area contributed by atoms with Gasteiger partial charge in [0.2, 0.25) is 5.96 Å². The molecule has 0 aliphatic heterocycles. The van der Waals surface area contributed by atoms with Gasteiger partial charge in [-0.15, -0.1) is 11.3 Å². The maximum absolute atomic E-state index is 5.63. The van der Waals surface area contributed by atoms with Gasteiger partial charge in [-0.25, -0.2) is 5.84 Å². The molecule has 0 aromatic carbocycles. The van der Waals surface area contributed by atoms with Gasteiger partial charge in [0, 0.05) is 31.2 Å². The Morgan fingerprint density at radius 2 is 2.47 bits per heavy atom. The molecule has 3 N–H and O–H groups in total. The van der Waals surface area contributed by atoms with Crippen LogP contribution in [0.1, 0.15) is 24.1 Å². The number of rotatable bonds is 7. The molecule has 0 spiro atoms. The van der Waals surface area contributed by atoms with Gasteiger partial charge in [-0.2, -0.15) is 0 Å². The predicted octanol–water partition coefficient (Wildman–Crippen LogP) is 1.57. The molecule has 1 aliphatic rings. The van der Waals surface area contributed by atoms with Crippen LogP contribution < -0.4 is 11.3 Å². The van der Waals surface area contributed by atoms with Crippen molar-refractivity contribution in [3.63, 3.8) is 0 Å². The summed E-state index contributed by atoms with van der Waals surface area (Å²) in [6.07, 6.45) is 3.37. The van der Waals surface area contributed by atoms with Crippen LogP contribution in [0.4, 0.5) is 0 Å². The lowest BCUT2D eigenvalue weighted by molar-refractivity contribution is 0.197. The van der Waals surface area contributed by atoms with Gasteiger partial charge in [-0.3, -0.25) is 10.4 Å². The zero-order valence-corrected chi connectivity index (χ0v) is 12.2. The smallest absolute Gasteiger partial charge is 0.208 e. The fourth-order valence-electron chi connectivity index (χ4n) is 1.95. The van der Waals surface area contributed by atoms with Crippen molar-refractivity contribution in [1.29, 1.82) is 0 Å². The van der Waals surface area contributed by atoms with Gasteiger partial charge in [-0.1, -0.05) is 6.07 Å². The summed E-state index contributed by atoms with van der Waals surface area (Å²) in [6, 6.07) is 4.81. The Morgan fingerprint density at radius 3 is 3.05 bits per heavy atom. The molecule has 1 fully saturated rings. The van der Waals surface area contributed by atoms with Crippen LogP contribution in [0.3, 0.4) is 0 Å². The van der Waals surface area contributed by atoms with E-state index in [1.54, 1.807) is 18.4 Å². The molecule has 0 unspecified atom stereocenters. The highest BCUT2D eigenvalue weighted by atomic mass is 32.1. The van der Waals surface area contributed by atoms with Crippen LogP contribution in [0.15, 0.2) is 22.5 Å². The number of nitrogens with zero attached hydrogens (tertiary/aromatic N) is 2. The molecule has 1 aromatic rings. The van der Waals surface area contributed by atoms with Gasteiger partial charge in [0.15, 0.2) is 0 Å². The van der Waals surface area contributed by atoms with Crippen molar-refractivity contribution in [2.75, 3.05) is 20.3 Å². The lowest BCUT2D eigenvalue weighted by Gasteiger charge is -2.25. The van der Waals surface area contributed by atoms with Crippen LogP contribution in [-0.2, 0) is 11.3 Å². The van der Waals surface area contributed by atoms with Crippen molar-refractivity contribution in [3.8, 4) is 0 Å². The summed E-state index contributed by atoms with van der Waals surface area (Å²) in [6.45, 7) is 2.35. The van der Waals surface area contributed by atoms with Crippen molar-refractivity contribution in [3.05, 3.63) is 22.4 Å². The first kappa shape index (κ1) is 14.3. The highest BCUT2D eigenvalue weighted by molar-refractivity contribution is 7.09. The van der Waals surface area contributed by atoms with Gasteiger partial charge < -0.3 is 9.64 Å². The average molecular weight is 282 g/mol. The minimum Gasteiger partial charge on any atom is -0.385 e. The molecule has 2 rings (SSSR count). The van der Waals surface area contributed by atoms with E-state index in [9.17, 15) is 0 Å². The maximum atomic E-state index is 5.63. The summed E-state index contributed by atoms with van der Waals surface area (Å²) in [7, 11) is 1.71. The Morgan fingerprint density at radius 1 is 1.63 bits per heavy atom. The number of ether oxygens (including phenoxy) is 1. The predicted molar refractivity (Wildman–Crippen MR) is 79.0 cm³/mol. The quantitative estimate of drug-likeness (QED) is 0.262. The summed E-state index contributed by atoms with van der Waals surface area (Å²) in [5.41, 5.74) is 2.75. The molecule has 1 heterocycles. The van der Waals surface area contributed by atoms with Crippen molar-refractivity contribution in [2.45, 2.75) is 31.8 Å². The highest BCUT2D eigenvalue weighted by Crippen LogP contribution is 2.29. The van der Waals surface area contributed by atoms with Crippen LogP contribution in [0, 0.1) is 0 Å². The van der Waals surface area contributed by atoms with E-state index in [0.29, 0.717) is 6.04 Å². The maximum Gasteiger partial charge on any atom is 0.208 e. The molecule has 6 heteroatoms. The zero-order valence-electron chi connectivity index (χ0n) is 11.3. The third-order valence-corrected chi connectivity index (χ3v) is 3.92. The number of methoxy groups -OCH3 is 1. The van der Waals surface area contributed by atoms with Crippen LogP contribution in [-0.4, -0.2) is 37.2 Å². The van der Waals surface area contributed by atoms with E-state index < -0.39 is 0 Å². The Kier molecular flexibility index (Phi) is 5.62. The van der Waals surface area contributed by atoms with Crippen molar-refractivity contribution in [1.82, 2.24) is 10.3 Å². The largest absolute Gasteiger partial charge is 0.385 e. The van der Waals surface area contributed by atoms with Gasteiger partial charge in [0.25, 0.3) is 0 Å². The van der Waals surface area contributed by atoms with Gasteiger partial charge >= 0.3 is 0 Å². The third-order valence-electron chi connectivity index (χ3n) is 3.06. The number of hydrogen-bond acceptors (Lipinski definition) is 4. The number of thiophene rings is 1. The molecule has 0 bridgehead atoms. The number of aliphatic imine (C=N–C) groups is 1. The van der Waals surface area contributed by atoms with E-state index >= 15 is 0 Å². The molecular weight excluding hydrogens is 260 g/mol. The molecule has 106 valence electrons. The molecule has 19 heavy (non-hydrogen) atoms. The minimum atomic E-state index is 0.583. The second-order valence-corrected chi connectivity index (χ2v) is 5.67. The molecule has 0 radical (unpaired) electrons. The molecule has 1 aliphatic carbocycles. The van der Waals surface area contributed by atoms with Crippen LogP contribution in [0.25, 0.3) is 0 Å². The average Bonchev–Trinajstić information content (AvgIpc) is 3.14. The Labute approximate surface area is 118 Å². The normalized spacial score (nSPS) is 15.6. The molecule has 0 saturated heterocycles. The number of hydrogen-bond donors (Lipinski definition) is 2. The first-order valence-electron chi connectivity index (χ1n) is 6.64. The van der Waals surface area contributed by atoms with Crippen molar-refractivity contribution >= 4 is 17.3 Å². The monoisotopic (exact) mass is 282 g/mol. The van der Waals surface area contributed by atoms with E-state index in [-0.39, 0.29) is 0 Å². The first-order chi connectivity index (χ1) is 9.35. The molecular formula is C13H22N4OS. The molecule has 1 saturated carbocycles. The Bertz CT molecular complexity index is 389. The van der Waals surface area contributed by atoms with E-state index in [2.05, 4.69) is 32.8 Å². The summed E-state index contributed by atoms with van der Waals surface area (Å²) >= 11 is 1.77. The lowest BCUT2D eigenvalue weighted by Crippen LogP contribution is -2.45. The van der Waals surface area contributed by atoms with E-state index in [1.807, 2.05) is 0 Å². The summed E-state index contributed by atoms with van der Waals surface area (Å²) in [5.74, 6) is 6.43. The minimum absolute atomic E-state index is 0.583. The third kappa shape index (κ3) is 4.49. The van der Waals surface area contributed by atoms with E-state index in [4.69, 9.17) is 10.6 Å².